The highest BCUT2D eigenvalue weighted by Crippen LogP contribution is 2.32. The lowest BCUT2D eigenvalue weighted by molar-refractivity contribution is 0.101. The quantitative estimate of drug-likeness (QED) is 0.367. The number of anilines is 2. The molecule has 2 N–H and O–H groups in total. The van der Waals surface area contributed by atoms with Crippen LogP contribution in [0.3, 0.4) is 0 Å². The van der Waals surface area contributed by atoms with Gasteiger partial charge in [0.1, 0.15) is 0 Å². The third kappa shape index (κ3) is 4.52. The Labute approximate surface area is 189 Å². The number of hydrogen-bond donors (Lipinski definition) is 2. The van der Waals surface area contributed by atoms with Crippen LogP contribution in [0.1, 0.15) is 20.0 Å². The molecule has 0 aliphatic heterocycles. The van der Waals surface area contributed by atoms with E-state index in [0.29, 0.717) is 36.3 Å². The molecule has 0 fully saturated rings. The van der Waals surface area contributed by atoms with Crippen LogP contribution >= 0.6 is 45.9 Å². The first-order chi connectivity index (χ1) is 14.5. The number of aromatic nitrogens is 2. The Morgan fingerprint density at radius 3 is 2.47 bits per heavy atom. The lowest BCUT2D eigenvalue weighted by Crippen LogP contribution is -2.14. The number of amides is 2. The second-order valence-corrected chi connectivity index (χ2v) is 8.71. The fraction of sp³-hybridized carbons (Fsp3) is 0. The van der Waals surface area contributed by atoms with Gasteiger partial charge in [-0.3, -0.25) is 14.9 Å². The van der Waals surface area contributed by atoms with Gasteiger partial charge in [-0.15, -0.1) is 21.5 Å². The van der Waals surface area contributed by atoms with E-state index in [0.717, 1.165) is 5.56 Å². The molecular weight excluding hydrogens is 463 g/mol. The monoisotopic (exact) mass is 474 g/mol. The van der Waals surface area contributed by atoms with Crippen LogP contribution in [0, 0.1) is 0 Å². The summed E-state index contributed by atoms with van der Waals surface area (Å²) in [5.74, 6) is -0.696. The Balaban J connectivity index is 1.50. The van der Waals surface area contributed by atoms with Gasteiger partial charge in [0.15, 0.2) is 5.01 Å². The predicted octanol–water partition coefficient (Wildman–Crippen LogP) is 6.08. The van der Waals surface area contributed by atoms with E-state index in [1.54, 1.807) is 35.7 Å². The van der Waals surface area contributed by atoms with Crippen LogP contribution in [0.2, 0.25) is 10.0 Å². The highest BCUT2D eigenvalue weighted by molar-refractivity contribution is 7.18. The zero-order chi connectivity index (χ0) is 21.1. The van der Waals surface area contributed by atoms with Crippen molar-refractivity contribution in [1.82, 2.24) is 10.2 Å². The van der Waals surface area contributed by atoms with E-state index >= 15 is 0 Å². The van der Waals surface area contributed by atoms with Crippen LogP contribution in [0.5, 0.6) is 0 Å². The van der Waals surface area contributed by atoms with Crippen LogP contribution in [0.15, 0.2) is 60.0 Å². The van der Waals surface area contributed by atoms with Crippen LogP contribution in [-0.2, 0) is 0 Å². The van der Waals surface area contributed by atoms with Gasteiger partial charge in [-0.05, 0) is 35.7 Å². The average molecular weight is 475 g/mol. The maximum Gasteiger partial charge on any atom is 0.265 e. The second-order valence-electron chi connectivity index (χ2n) is 5.97. The third-order valence-corrected chi connectivity index (χ3v) is 6.37. The summed E-state index contributed by atoms with van der Waals surface area (Å²) >= 11 is 14.9. The zero-order valence-corrected chi connectivity index (χ0v) is 18.2. The molecule has 2 heterocycles. The molecule has 2 amide bonds. The van der Waals surface area contributed by atoms with Crippen molar-refractivity contribution in [1.29, 1.82) is 0 Å². The molecule has 4 rings (SSSR count). The molecule has 0 unspecified atom stereocenters. The second kappa shape index (κ2) is 8.93. The molecule has 0 aliphatic rings. The molecule has 0 aliphatic carbocycles. The Bertz CT molecular complexity index is 1230. The SMILES string of the molecule is O=C(Nc1nnc(-c2ccccc2Cl)s1)c1ccc(Cl)c(NC(=O)c2cccs2)c1. The maximum absolute atomic E-state index is 12.7. The van der Waals surface area contributed by atoms with Gasteiger partial charge >= 0.3 is 0 Å². The third-order valence-electron chi connectivity index (χ3n) is 3.97. The first kappa shape index (κ1) is 20.5. The minimum absolute atomic E-state index is 0.294. The van der Waals surface area contributed by atoms with Crippen molar-refractivity contribution >= 4 is 68.5 Å². The molecular formula is C20H12Cl2N4O2S2. The lowest BCUT2D eigenvalue weighted by atomic mass is 10.2. The average Bonchev–Trinajstić information content (AvgIpc) is 3.42. The van der Waals surface area contributed by atoms with Crippen LogP contribution < -0.4 is 10.6 Å². The molecule has 2 aromatic heterocycles. The number of rotatable bonds is 5. The summed E-state index contributed by atoms with van der Waals surface area (Å²) in [5, 5.41) is 17.1. The van der Waals surface area contributed by atoms with Gasteiger partial charge in [0.2, 0.25) is 5.13 Å². The molecule has 4 aromatic rings. The molecule has 0 spiro atoms. The smallest absolute Gasteiger partial charge is 0.265 e. The molecule has 0 saturated heterocycles. The van der Waals surface area contributed by atoms with Crippen LogP contribution in [0.4, 0.5) is 10.8 Å². The van der Waals surface area contributed by atoms with Crippen molar-refractivity contribution in [3.63, 3.8) is 0 Å². The van der Waals surface area contributed by atoms with E-state index in [4.69, 9.17) is 23.2 Å². The number of carbonyl (C=O) groups excluding carboxylic acids is 2. The first-order valence-electron chi connectivity index (χ1n) is 8.55. The predicted molar refractivity (Wildman–Crippen MR) is 122 cm³/mol. The van der Waals surface area contributed by atoms with E-state index in [-0.39, 0.29) is 5.91 Å². The lowest BCUT2D eigenvalue weighted by Gasteiger charge is -2.08. The Kier molecular flexibility index (Phi) is 6.10. The molecule has 150 valence electrons. The van der Waals surface area contributed by atoms with E-state index in [9.17, 15) is 9.59 Å². The van der Waals surface area contributed by atoms with Gasteiger partial charge in [0, 0.05) is 11.1 Å². The standard InChI is InChI=1S/C20H12Cl2N4O2S2/c21-13-5-2-1-4-12(13)19-25-26-20(30-19)24-17(27)11-7-8-14(22)15(10-11)23-18(28)16-6-3-9-29-16/h1-10H,(H,23,28)(H,24,26,27). The Morgan fingerprint density at radius 1 is 0.867 bits per heavy atom. The van der Waals surface area contributed by atoms with Gasteiger partial charge in [-0.2, -0.15) is 0 Å². The molecule has 0 radical (unpaired) electrons. The Hall–Kier alpha value is -2.78. The minimum Gasteiger partial charge on any atom is -0.320 e. The highest BCUT2D eigenvalue weighted by atomic mass is 35.5. The minimum atomic E-state index is -0.403. The van der Waals surface area contributed by atoms with Gasteiger partial charge in [-0.1, -0.05) is 58.8 Å². The van der Waals surface area contributed by atoms with Gasteiger partial charge in [0.05, 0.1) is 20.6 Å². The number of thiophene rings is 1. The molecule has 2 aromatic carbocycles. The van der Waals surface area contributed by atoms with Crippen LogP contribution in [-0.4, -0.2) is 22.0 Å². The van der Waals surface area contributed by atoms with Gasteiger partial charge in [0.25, 0.3) is 11.8 Å². The summed E-state index contributed by atoms with van der Waals surface area (Å²) in [4.78, 5) is 25.5. The summed E-state index contributed by atoms with van der Waals surface area (Å²) in [6.07, 6.45) is 0. The Morgan fingerprint density at radius 2 is 1.70 bits per heavy atom. The zero-order valence-electron chi connectivity index (χ0n) is 15.1. The summed E-state index contributed by atoms with van der Waals surface area (Å²) in [5.41, 5.74) is 1.40. The summed E-state index contributed by atoms with van der Waals surface area (Å²) in [6.45, 7) is 0. The van der Waals surface area contributed by atoms with Crippen LogP contribution in [0.25, 0.3) is 10.6 Å². The first-order valence-corrected chi connectivity index (χ1v) is 11.0. The van der Waals surface area contributed by atoms with Crippen molar-refractivity contribution < 1.29 is 9.59 Å². The largest absolute Gasteiger partial charge is 0.320 e. The summed E-state index contributed by atoms with van der Waals surface area (Å²) in [6, 6.07) is 15.4. The number of carbonyl (C=O) groups is 2. The fourth-order valence-corrected chi connectivity index (χ4v) is 4.38. The molecule has 0 saturated carbocycles. The molecule has 0 bridgehead atoms. The molecule has 6 nitrogen and oxygen atoms in total. The molecule has 0 atom stereocenters. The highest BCUT2D eigenvalue weighted by Gasteiger charge is 2.15. The van der Waals surface area contributed by atoms with Crippen molar-refractivity contribution in [3.8, 4) is 10.6 Å². The maximum atomic E-state index is 12.7. The number of nitrogens with zero attached hydrogens (tertiary/aromatic N) is 2. The van der Waals surface area contributed by atoms with Gasteiger partial charge < -0.3 is 5.32 Å². The van der Waals surface area contributed by atoms with E-state index in [2.05, 4.69) is 20.8 Å². The topological polar surface area (TPSA) is 84.0 Å². The summed E-state index contributed by atoms with van der Waals surface area (Å²) < 4.78 is 0. The number of hydrogen-bond acceptors (Lipinski definition) is 6. The van der Waals surface area contributed by atoms with Gasteiger partial charge in [-0.25, -0.2) is 0 Å². The number of nitrogens with one attached hydrogen (secondary N) is 2. The molecule has 10 heteroatoms. The van der Waals surface area contributed by atoms with Crippen molar-refractivity contribution in [2.45, 2.75) is 0 Å². The number of benzene rings is 2. The van der Waals surface area contributed by atoms with Crippen molar-refractivity contribution in [3.05, 3.63) is 80.5 Å². The molecule has 30 heavy (non-hydrogen) atoms. The summed E-state index contributed by atoms with van der Waals surface area (Å²) in [7, 11) is 0. The van der Waals surface area contributed by atoms with Crippen molar-refractivity contribution in [2.24, 2.45) is 0 Å². The van der Waals surface area contributed by atoms with Crippen molar-refractivity contribution in [2.75, 3.05) is 10.6 Å². The van der Waals surface area contributed by atoms with E-state index in [1.165, 1.54) is 28.7 Å². The number of halogens is 2. The van der Waals surface area contributed by atoms with E-state index in [1.807, 2.05) is 18.2 Å². The fourth-order valence-electron chi connectivity index (χ4n) is 2.54. The normalized spacial score (nSPS) is 10.6. The van der Waals surface area contributed by atoms with E-state index < -0.39 is 5.91 Å².